The van der Waals surface area contributed by atoms with Crippen molar-refractivity contribution in [2.45, 2.75) is 64.6 Å². The van der Waals surface area contributed by atoms with Crippen LogP contribution >= 0.6 is 0 Å². The Morgan fingerprint density at radius 3 is 2.52 bits per heavy atom. The molecule has 1 unspecified atom stereocenters. The molecule has 3 aromatic rings. The topological polar surface area (TPSA) is 63.6 Å². The number of aryl methyl sites for hydroxylation is 2. The van der Waals surface area contributed by atoms with E-state index in [1.807, 2.05) is 67.8 Å². The summed E-state index contributed by atoms with van der Waals surface area (Å²) >= 11 is 0. The van der Waals surface area contributed by atoms with Crippen molar-refractivity contribution in [1.29, 1.82) is 0 Å². The number of amides is 2. The number of aromatic nitrogens is 1. The number of nitrogens with zero attached hydrogens (tertiary/aromatic N) is 2. The van der Waals surface area contributed by atoms with E-state index >= 15 is 0 Å². The summed E-state index contributed by atoms with van der Waals surface area (Å²) in [7, 11) is 1.63. The van der Waals surface area contributed by atoms with Crippen LogP contribution in [0.3, 0.4) is 0 Å². The van der Waals surface area contributed by atoms with Crippen LogP contribution in [0.2, 0.25) is 0 Å². The van der Waals surface area contributed by atoms with Crippen molar-refractivity contribution in [3.8, 4) is 5.75 Å². The Labute approximate surface area is 194 Å². The van der Waals surface area contributed by atoms with E-state index < -0.39 is 5.54 Å². The Balaban J connectivity index is 1.66. The number of ether oxygens (including phenoxy) is 1. The molecule has 0 spiro atoms. The van der Waals surface area contributed by atoms with Gasteiger partial charge in [-0.3, -0.25) is 14.5 Å². The van der Waals surface area contributed by atoms with Gasteiger partial charge in [-0.15, -0.1) is 0 Å². The maximum Gasteiger partial charge on any atom is 0.275 e. The van der Waals surface area contributed by atoms with Crippen molar-refractivity contribution in [2.24, 2.45) is 0 Å². The molecule has 1 N–H and O–H groups in total. The lowest BCUT2D eigenvalue weighted by atomic mass is 9.92. The van der Waals surface area contributed by atoms with Crippen LogP contribution in [0.15, 0.2) is 42.5 Å². The van der Waals surface area contributed by atoms with Gasteiger partial charge >= 0.3 is 0 Å². The maximum atomic E-state index is 14.0. The summed E-state index contributed by atoms with van der Waals surface area (Å²) in [5, 5.41) is 4.22. The molecule has 0 saturated heterocycles. The zero-order valence-corrected chi connectivity index (χ0v) is 19.8. The van der Waals surface area contributed by atoms with Gasteiger partial charge in [0.15, 0.2) is 0 Å². The highest BCUT2D eigenvalue weighted by Gasteiger charge is 2.49. The second-order valence-electron chi connectivity index (χ2n) is 9.68. The van der Waals surface area contributed by atoms with Crippen LogP contribution < -0.4 is 15.0 Å². The molecule has 172 valence electrons. The van der Waals surface area contributed by atoms with Gasteiger partial charge in [-0.05, 0) is 75.1 Å². The number of benzene rings is 2. The summed E-state index contributed by atoms with van der Waals surface area (Å²) in [4.78, 5) is 29.5. The van der Waals surface area contributed by atoms with Crippen LogP contribution in [0.25, 0.3) is 10.9 Å². The molecular formula is C27H31N3O3. The number of nitrogens with one attached hydrogen (secondary N) is 1. The summed E-state index contributed by atoms with van der Waals surface area (Å²) in [6.45, 7) is 6.34. The zero-order valence-electron chi connectivity index (χ0n) is 19.8. The third-order valence-corrected chi connectivity index (χ3v) is 7.42. The molecule has 2 heterocycles. The summed E-state index contributed by atoms with van der Waals surface area (Å²) in [5.74, 6) is 0.463. The predicted molar refractivity (Wildman–Crippen MR) is 130 cm³/mol. The first-order valence-corrected chi connectivity index (χ1v) is 11.7. The quantitative estimate of drug-likeness (QED) is 0.631. The number of anilines is 1. The fourth-order valence-corrected chi connectivity index (χ4v) is 5.28. The molecule has 2 aliphatic rings. The van der Waals surface area contributed by atoms with Gasteiger partial charge in [-0.25, -0.2) is 0 Å². The Kier molecular flexibility index (Phi) is 5.19. The van der Waals surface area contributed by atoms with Crippen LogP contribution in [-0.4, -0.2) is 35.1 Å². The van der Waals surface area contributed by atoms with E-state index in [1.165, 1.54) is 0 Å². The summed E-state index contributed by atoms with van der Waals surface area (Å²) in [5.41, 5.74) is 3.42. The highest BCUT2D eigenvalue weighted by Crippen LogP contribution is 2.37. The minimum absolute atomic E-state index is 0.101. The first-order chi connectivity index (χ1) is 15.8. The molecule has 1 aliphatic heterocycles. The molecule has 5 rings (SSSR count). The smallest absolute Gasteiger partial charge is 0.275 e. The highest BCUT2D eigenvalue weighted by atomic mass is 16.5. The number of fused-ring (bicyclic) bond motifs is 3. The minimum atomic E-state index is -1.07. The monoisotopic (exact) mass is 445 g/mol. The molecule has 2 amide bonds. The van der Waals surface area contributed by atoms with E-state index in [0.717, 1.165) is 59.2 Å². The molecule has 6 heteroatoms. The van der Waals surface area contributed by atoms with Crippen molar-refractivity contribution in [3.05, 3.63) is 59.3 Å². The summed E-state index contributed by atoms with van der Waals surface area (Å²) in [6.07, 6.45) is 4.25. The van der Waals surface area contributed by atoms with E-state index in [-0.39, 0.29) is 17.9 Å². The average Bonchev–Trinajstić information content (AvgIpc) is 3.43. The zero-order chi connectivity index (χ0) is 23.3. The third-order valence-electron chi connectivity index (χ3n) is 7.42. The molecule has 1 saturated carbocycles. The molecule has 33 heavy (non-hydrogen) atoms. The average molecular weight is 446 g/mol. The second-order valence-corrected chi connectivity index (χ2v) is 9.68. The van der Waals surface area contributed by atoms with E-state index in [4.69, 9.17) is 4.74 Å². The van der Waals surface area contributed by atoms with Crippen molar-refractivity contribution >= 4 is 28.4 Å². The minimum Gasteiger partial charge on any atom is -0.497 e. The molecule has 1 atom stereocenters. The summed E-state index contributed by atoms with van der Waals surface area (Å²) in [6, 6.07) is 13.9. The lowest BCUT2D eigenvalue weighted by Gasteiger charge is -2.44. The normalized spacial score (nSPS) is 20.8. The van der Waals surface area contributed by atoms with Crippen molar-refractivity contribution < 1.29 is 14.3 Å². The molecule has 6 nitrogen and oxygen atoms in total. The van der Waals surface area contributed by atoms with E-state index in [2.05, 4.69) is 5.32 Å². The third kappa shape index (κ3) is 3.48. The van der Waals surface area contributed by atoms with Crippen LogP contribution in [-0.2, 0) is 11.3 Å². The standard InChI is InChI=1S/C27H31N3O3/c1-17-9-11-21(13-18(17)2)30-25(31)24-14-19-10-12-22(33-4)15-23(19)29(24)16-27(30,3)26(32)28-20-7-5-6-8-20/h9-15,20H,5-8,16H2,1-4H3,(H,28,32). The van der Waals surface area contributed by atoms with Gasteiger partial charge in [0.2, 0.25) is 5.91 Å². The number of rotatable bonds is 4. The first kappa shape index (κ1) is 21.6. The van der Waals surface area contributed by atoms with Gasteiger partial charge < -0.3 is 14.6 Å². The van der Waals surface area contributed by atoms with Crippen molar-refractivity contribution in [3.63, 3.8) is 0 Å². The molecule has 0 bridgehead atoms. The number of carbonyl (C=O) groups is 2. The van der Waals surface area contributed by atoms with Crippen LogP contribution in [0.5, 0.6) is 5.75 Å². The number of hydrogen-bond acceptors (Lipinski definition) is 3. The van der Waals surface area contributed by atoms with Crippen LogP contribution in [0.1, 0.15) is 54.2 Å². The maximum absolute atomic E-state index is 14.0. The Morgan fingerprint density at radius 2 is 1.82 bits per heavy atom. The fraction of sp³-hybridized carbons (Fsp3) is 0.407. The van der Waals surface area contributed by atoms with Gasteiger partial charge in [-0.2, -0.15) is 0 Å². The largest absolute Gasteiger partial charge is 0.497 e. The van der Waals surface area contributed by atoms with Crippen LogP contribution in [0.4, 0.5) is 5.69 Å². The van der Waals surface area contributed by atoms with E-state index in [9.17, 15) is 9.59 Å². The first-order valence-electron chi connectivity index (χ1n) is 11.7. The highest BCUT2D eigenvalue weighted by molar-refractivity contribution is 6.14. The van der Waals surface area contributed by atoms with Gasteiger partial charge in [0, 0.05) is 23.2 Å². The van der Waals surface area contributed by atoms with Crippen molar-refractivity contribution in [2.75, 3.05) is 12.0 Å². The molecule has 1 fully saturated rings. The van der Waals surface area contributed by atoms with Crippen LogP contribution in [0, 0.1) is 13.8 Å². The van der Waals surface area contributed by atoms with Gasteiger partial charge in [0.1, 0.15) is 17.0 Å². The van der Waals surface area contributed by atoms with E-state index in [0.29, 0.717) is 12.2 Å². The Bertz CT molecular complexity index is 1250. The molecular weight excluding hydrogens is 414 g/mol. The second kappa shape index (κ2) is 7.94. The Hall–Kier alpha value is -3.28. The van der Waals surface area contributed by atoms with Gasteiger partial charge in [0.25, 0.3) is 5.91 Å². The molecule has 1 aromatic heterocycles. The lowest BCUT2D eigenvalue weighted by Crippen LogP contribution is -2.65. The number of methoxy groups -OCH3 is 1. The number of carbonyl (C=O) groups excluding carboxylic acids is 2. The molecule has 2 aromatic carbocycles. The molecule has 1 aliphatic carbocycles. The Morgan fingerprint density at radius 1 is 1.06 bits per heavy atom. The fourth-order valence-electron chi connectivity index (χ4n) is 5.28. The van der Waals surface area contributed by atoms with E-state index in [1.54, 1.807) is 12.0 Å². The lowest BCUT2D eigenvalue weighted by molar-refractivity contribution is -0.127. The van der Waals surface area contributed by atoms with Gasteiger partial charge in [0.05, 0.1) is 19.2 Å². The molecule has 0 radical (unpaired) electrons. The number of hydrogen-bond donors (Lipinski definition) is 1. The summed E-state index contributed by atoms with van der Waals surface area (Å²) < 4.78 is 7.40. The SMILES string of the molecule is COc1ccc2cc3n(c2c1)CC(C)(C(=O)NC1CCCC1)N(c1ccc(C)c(C)c1)C3=O. The van der Waals surface area contributed by atoms with Gasteiger partial charge in [-0.1, -0.05) is 18.9 Å². The predicted octanol–water partition coefficient (Wildman–Crippen LogP) is 4.74. The van der Waals surface area contributed by atoms with Crippen molar-refractivity contribution in [1.82, 2.24) is 9.88 Å².